The molecule has 0 bridgehead atoms. The first kappa shape index (κ1) is 11.9. The van der Waals surface area contributed by atoms with E-state index >= 15 is 0 Å². The lowest BCUT2D eigenvalue weighted by atomic mass is 10.2. The van der Waals surface area contributed by atoms with E-state index < -0.39 is 0 Å². The van der Waals surface area contributed by atoms with Crippen molar-refractivity contribution in [1.82, 2.24) is 24.7 Å². The number of nitrogens with zero attached hydrogens (tertiary/aromatic N) is 5. The van der Waals surface area contributed by atoms with E-state index in [0.717, 1.165) is 21.1 Å². The molecule has 7 heteroatoms. The van der Waals surface area contributed by atoms with Gasteiger partial charge in [0.15, 0.2) is 5.16 Å². The van der Waals surface area contributed by atoms with E-state index in [0.29, 0.717) is 5.95 Å². The molecule has 2 aromatic heterocycles. The standard InChI is InChI=1S/C12H12N6S/c1-13-11-15-9-6-4-3-5-8(9)10(16-11)19-12-17-14-7-18(12)2/h3-7H,1-2H3,(H,13,15,16). The Kier molecular flexibility index (Phi) is 3.04. The molecule has 1 N–H and O–H groups in total. The summed E-state index contributed by atoms with van der Waals surface area (Å²) < 4.78 is 1.86. The van der Waals surface area contributed by atoms with Crippen LogP contribution in [0.25, 0.3) is 10.9 Å². The van der Waals surface area contributed by atoms with Crippen molar-refractivity contribution in [3.05, 3.63) is 30.6 Å². The van der Waals surface area contributed by atoms with Gasteiger partial charge in [0.25, 0.3) is 0 Å². The van der Waals surface area contributed by atoms with Gasteiger partial charge in [-0.3, -0.25) is 0 Å². The third-order valence-corrected chi connectivity index (χ3v) is 3.71. The molecule has 0 unspecified atom stereocenters. The molecule has 0 aliphatic rings. The monoisotopic (exact) mass is 272 g/mol. The van der Waals surface area contributed by atoms with Crippen LogP contribution >= 0.6 is 11.8 Å². The molecule has 0 atom stereocenters. The number of aromatic nitrogens is 5. The van der Waals surface area contributed by atoms with E-state index in [2.05, 4.69) is 25.5 Å². The highest BCUT2D eigenvalue weighted by atomic mass is 32.2. The van der Waals surface area contributed by atoms with E-state index in [4.69, 9.17) is 0 Å². The fourth-order valence-electron chi connectivity index (χ4n) is 1.69. The van der Waals surface area contributed by atoms with Crippen molar-refractivity contribution in [2.24, 2.45) is 7.05 Å². The largest absolute Gasteiger partial charge is 0.357 e. The van der Waals surface area contributed by atoms with Gasteiger partial charge >= 0.3 is 0 Å². The molecule has 0 aliphatic heterocycles. The summed E-state index contributed by atoms with van der Waals surface area (Å²) in [6.45, 7) is 0. The second-order valence-electron chi connectivity index (χ2n) is 3.95. The Morgan fingerprint density at radius 3 is 2.79 bits per heavy atom. The highest BCUT2D eigenvalue weighted by molar-refractivity contribution is 7.99. The average molecular weight is 272 g/mol. The average Bonchev–Trinajstić information content (AvgIpc) is 2.84. The zero-order valence-corrected chi connectivity index (χ0v) is 11.3. The Morgan fingerprint density at radius 1 is 1.21 bits per heavy atom. The normalized spacial score (nSPS) is 10.8. The van der Waals surface area contributed by atoms with Crippen LogP contribution in [0.4, 0.5) is 5.95 Å². The van der Waals surface area contributed by atoms with Crippen molar-refractivity contribution in [3.63, 3.8) is 0 Å². The number of anilines is 1. The molecule has 1 aromatic carbocycles. The number of hydrogen-bond acceptors (Lipinski definition) is 6. The number of aryl methyl sites for hydroxylation is 1. The predicted molar refractivity (Wildman–Crippen MR) is 74.2 cm³/mol. The lowest BCUT2D eigenvalue weighted by molar-refractivity contribution is 0.787. The van der Waals surface area contributed by atoms with Crippen LogP contribution in [0.3, 0.4) is 0 Å². The minimum atomic E-state index is 0.600. The topological polar surface area (TPSA) is 68.5 Å². The van der Waals surface area contributed by atoms with Crippen molar-refractivity contribution in [3.8, 4) is 0 Å². The molecule has 3 aromatic rings. The fraction of sp³-hybridized carbons (Fsp3) is 0.167. The minimum Gasteiger partial charge on any atom is -0.357 e. The maximum atomic E-state index is 4.49. The number of benzene rings is 1. The molecule has 0 fully saturated rings. The van der Waals surface area contributed by atoms with Gasteiger partial charge in [-0.25, -0.2) is 9.97 Å². The zero-order valence-electron chi connectivity index (χ0n) is 10.5. The molecule has 0 spiro atoms. The second-order valence-corrected chi connectivity index (χ2v) is 4.90. The van der Waals surface area contributed by atoms with Crippen LogP contribution in [0.15, 0.2) is 40.8 Å². The van der Waals surface area contributed by atoms with Gasteiger partial charge in [-0.15, -0.1) is 10.2 Å². The van der Waals surface area contributed by atoms with Gasteiger partial charge in [0, 0.05) is 19.5 Å². The summed E-state index contributed by atoms with van der Waals surface area (Å²) in [5.74, 6) is 0.600. The van der Waals surface area contributed by atoms with Crippen molar-refractivity contribution in [1.29, 1.82) is 0 Å². The van der Waals surface area contributed by atoms with Crippen LogP contribution < -0.4 is 5.32 Å². The van der Waals surface area contributed by atoms with Gasteiger partial charge in [-0.05, 0) is 17.8 Å². The molecule has 96 valence electrons. The van der Waals surface area contributed by atoms with Gasteiger partial charge in [0.05, 0.1) is 5.52 Å². The van der Waals surface area contributed by atoms with Crippen molar-refractivity contribution in [2.75, 3.05) is 12.4 Å². The van der Waals surface area contributed by atoms with Gasteiger partial charge in [0.2, 0.25) is 5.95 Å². The fourth-order valence-corrected chi connectivity index (χ4v) is 2.56. The highest BCUT2D eigenvalue weighted by Gasteiger charge is 2.11. The summed E-state index contributed by atoms with van der Waals surface area (Å²) in [4.78, 5) is 8.92. The van der Waals surface area contributed by atoms with Crippen molar-refractivity contribution in [2.45, 2.75) is 10.2 Å². The minimum absolute atomic E-state index is 0.600. The first-order valence-electron chi connectivity index (χ1n) is 5.74. The molecular weight excluding hydrogens is 260 g/mol. The molecule has 0 saturated heterocycles. The smallest absolute Gasteiger partial charge is 0.224 e. The van der Waals surface area contributed by atoms with E-state index in [1.165, 1.54) is 11.8 Å². The molecule has 0 radical (unpaired) electrons. The second kappa shape index (κ2) is 4.85. The molecule has 19 heavy (non-hydrogen) atoms. The third-order valence-electron chi connectivity index (χ3n) is 2.65. The first-order chi connectivity index (χ1) is 9.28. The Labute approximate surface area is 114 Å². The Balaban J connectivity index is 2.13. The molecule has 6 nitrogen and oxygen atoms in total. The lowest BCUT2D eigenvalue weighted by Gasteiger charge is -2.07. The summed E-state index contributed by atoms with van der Waals surface area (Å²) >= 11 is 1.48. The quantitative estimate of drug-likeness (QED) is 0.735. The number of para-hydroxylation sites is 1. The lowest BCUT2D eigenvalue weighted by Crippen LogP contribution is -1.99. The highest BCUT2D eigenvalue weighted by Crippen LogP contribution is 2.30. The van der Waals surface area contributed by atoms with E-state index in [-0.39, 0.29) is 0 Å². The Bertz CT molecular complexity index is 723. The summed E-state index contributed by atoms with van der Waals surface area (Å²) in [7, 11) is 3.71. The maximum absolute atomic E-state index is 4.49. The number of nitrogens with one attached hydrogen (secondary N) is 1. The van der Waals surface area contributed by atoms with Crippen molar-refractivity contribution < 1.29 is 0 Å². The SMILES string of the molecule is CNc1nc(Sc2nncn2C)c2ccccc2n1. The van der Waals surface area contributed by atoms with E-state index in [9.17, 15) is 0 Å². The maximum Gasteiger partial charge on any atom is 0.224 e. The Morgan fingerprint density at radius 2 is 2.05 bits per heavy atom. The van der Waals surface area contributed by atoms with Crippen LogP contribution in [-0.4, -0.2) is 31.8 Å². The molecule has 0 aliphatic carbocycles. The van der Waals surface area contributed by atoms with Crippen LogP contribution in [0.2, 0.25) is 0 Å². The van der Waals surface area contributed by atoms with E-state index in [1.54, 1.807) is 13.4 Å². The first-order valence-corrected chi connectivity index (χ1v) is 6.56. The van der Waals surface area contributed by atoms with Crippen LogP contribution in [0.1, 0.15) is 0 Å². The third kappa shape index (κ3) is 2.24. The van der Waals surface area contributed by atoms with Gasteiger partial charge < -0.3 is 9.88 Å². The van der Waals surface area contributed by atoms with Crippen LogP contribution in [-0.2, 0) is 7.05 Å². The molecule has 0 amide bonds. The summed E-state index contributed by atoms with van der Waals surface area (Å²) in [6, 6.07) is 7.92. The van der Waals surface area contributed by atoms with Crippen LogP contribution in [0, 0.1) is 0 Å². The summed E-state index contributed by atoms with van der Waals surface area (Å²) in [5.41, 5.74) is 0.909. The van der Waals surface area contributed by atoms with Gasteiger partial charge in [-0.2, -0.15) is 0 Å². The van der Waals surface area contributed by atoms with Gasteiger partial charge in [0.1, 0.15) is 11.4 Å². The summed E-state index contributed by atoms with van der Waals surface area (Å²) in [5, 5.41) is 13.6. The van der Waals surface area contributed by atoms with E-state index in [1.807, 2.05) is 35.9 Å². The number of fused-ring (bicyclic) bond motifs is 1. The molecule has 2 heterocycles. The number of rotatable bonds is 3. The molecule has 0 saturated carbocycles. The van der Waals surface area contributed by atoms with Crippen molar-refractivity contribution >= 4 is 28.6 Å². The molecule has 3 rings (SSSR count). The summed E-state index contributed by atoms with van der Waals surface area (Å²) in [6.07, 6.45) is 1.67. The predicted octanol–water partition coefficient (Wildman–Crippen LogP) is 1.95. The van der Waals surface area contributed by atoms with Crippen LogP contribution in [0.5, 0.6) is 0 Å². The zero-order chi connectivity index (χ0) is 13.2. The Hall–Kier alpha value is -2.15. The van der Waals surface area contributed by atoms with Gasteiger partial charge in [-0.1, -0.05) is 18.2 Å². The molecular formula is C12H12N6S. The number of hydrogen-bond donors (Lipinski definition) is 1.